The minimum Gasteiger partial charge on any atom is -0.398 e. The lowest BCUT2D eigenvalue weighted by atomic mass is 9.80. The number of anilines is 1. The fraction of sp³-hybridized carbons (Fsp3) is 0.400. The normalized spacial score (nSPS) is 24.5. The van der Waals surface area contributed by atoms with Gasteiger partial charge in [-0.1, -0.05) is 42.5 Å². The van der Waals surface area contributed by atoms with Crippen molar-refractivity contribution in [1.82, 2.24) is 4.90 Å². The van der Waals surface area contributed by atoms with Crippen molar-refractivity contribution in [3.8, 4) is 0 Å². The Morgan fingerprint density at radius 3 is 2.45 bits per heavy atom. The van der Waals surface area contributed by atoms with E-state index in [1.807, 2.05) is 12.1 Å². The molecular formula is C20H24N2. The van der Waals surface area contributed by atoms with Crippen LogP contribution in [0.25, 0.3) is 0 Å². The highest BCUT2D eigenvalue weighted by molar-refractivity contribution is 5.46. The molecule has 1 aliphatic carbocycles. The molecule has 2 heterocycles. The third-order valence-corrected chi connectivity index (χ3v) is 5.43. The Bertz CT molecular complexity index is 664. The van der Waals surface area contributed by atoms with E-state index < -0.39 is 0 Å². The summed E-state index contributed by atoms with van der Waals surface area (Å²) in [6, 6.07) is 18.0. The minimum atomic E-state index is 0.664. The Kier molecular flexibility index (Phi) is 3.63. The van der Waals surface area contributed by atoms with E-state index >= 15 is 0 Å². The first-order valence-electron chi connectivity index (χ1n) is 8.44. The van der Waals surface area contributed by atoms with Crippen molar-refractivity contribution < 1.29 is 0 Å². The number of nitrogens with two attached hydrogens (primary N) is 1. The van der Waals surface area contributed by atoms with Crippen LogP contribution in [0, 0.1) is 5.92 Å². The number of piperidine rings is 1. The van der Waals surface area contributed by atoms with Gasteiger partial charge >= 0.3 is 0 Å². The van der Waals surface area contributed by atoms with Gasteiger partial charge in [0.1, 0.15) is 0 Å². The number of fused-ring (bicyclic) bond motifs is 2. The number of nitrogens with zero attached hydrogens (tertiary/aromatic N) is 1. The lowest BCUT2D eigenvalue weighted by Crippen LogP contribution is -2.46. The predicted molar refractivity (Wildman–Crippen MR) is 91.6 cm³/mol. The summed E-state index contributed by atoms with van der Waals surface area (Å²) in [7, 11) is 0. The molecule has 2 atom stereocenters. The highest BCUT2D eigenvalue weighted by atomic mass is 15.2. The number of benzene rings is 2. The molecular weight excluding hydrogens is 268 g/mol. The Morgan fingerprint density at radius 1 is 0.909 bits per heavy atom. The first-order valence-corrected chi connectivity index (χ1v) is 8.44. The van der Waals surface area contributed by atoms with Gasteiger partial charge in [0.05, 0.1) is 0 Å². The molecule has 0 radical (unpaired) electrons. The maximum absolute atomic E-state index is 6.16. The molecule has 1 fully saturated rings. The van der Waals surface area contributed by atoms with E-state index in [-0.39, 0.29) is 0 Å². The average molecular weight is 292 g/mol. The van der Waals surface area contributed by atoms with Gasteiger partial charge in [0.25, 0.3) is 0 Å². The molecule has 2 bridgehead atoms. The average Bonchev–Trinajstić information content (AvgIpc) is 2.50. The van der Waals surface area contributed by atoms with Crippen LogP contribution >= 0.6 is 0 Å². The van der Waals surface area contributed by atoms with Crippen LogP contribution in [0.5, 0.6) is 0 Å². The summed E-state index contributed by atoms with van der Waals surface area (Å²) in [5.41, 5.74) is 11.5. The maximum Gasteiger partial charge on any atom is 0.0359 e. The quantitative estimate of drug-likeness (QED) is 0.856. The number of rotatable bonds is 2. The van der Waals surface area contributed by atoms with Crippen LogP contribution in [0.1, 0.15) is 29.5 Å². The summed E-state index contributed by atoms with van der Waals surface area (Å²) in [4.78, 5) is 2.68. The van der Waals surface area contributed by atoms with E-state index in [0.717, 1.165) is 18.2 Å². The molecule has 0 unspecified atom stereocenters. The van der Waals surface area contributed by atoms with E-state index in [2.05, 4.69) is 41.3 Å². The molecule has 0 spiro atoms. The molecule has 2 aliphatic heterocycles. The van der Waals surface area contributed by atoms with Gasteiger partial charge in [0, 0.05) is 24.8 Å². The monoisotopic (exact) mass is 292 g/mol. The number of para-hydroxylation sites is 1. The summed E-state index contributed by atoms with van der Waals surface area (Å²) in [5.74, 6) is 0.794. The van der Waals surface area contributed by atoms with E-state index in [0.29, 0.717) is 6.04 Å². The molecule has 2 nitrogen and oxygen atoms in total. The Balaban J connectivity index is 1.60. The zero-order valence-electron chi connectivity index (χ0n) is 13.0. The smallest absolute Gasteiger partial charge is 0.0359 e. The molecule has 0 saturated carbocycles. The summed E-state index contributed by atoms with van der Waals surface area (Å²) in [6.07, 6.45) is 5.13. The maximum atomic E-state index is 6.16. The van der Waals surface area contributed by atoms with Gasteiger partial charge < -0.3 is 5.73 Å². The topological polar surface area (TPSA) is 29.3 Å². The summed E-state index contributed by atoms with van der Waals surface area (Å²) >= 11 is 0. The minimum absolute atomic E-state index is 0.664. The largest absolute Gasteiger partial charge is 0.398 e. The first kappa shape index (κ1) is 13.8. The van der Waals surface area contributed by atoms with Gasteiger partial charge in [0.2, 0.25) is 0 Å². The van der Waals surface area contributed by atoms with E-state index in [9.17, 15) is 0 Å². The number of hydrogen-bond acceptors (Lipinski definition) is 2. The summed E-state index contributed by atoms with van der Waals surface area (Å²) in [6.45, 7) is 2.21. The number of nitrogen functional groups attached to an aromatic ring is 1. The van der Waals surface area contributed by atoms with Gasteiger partial charge in [-0.2, -0.15) is 0 Å². The Morgan fingerprint density at radius 2 is 1.64 bits per heavy atom. The van der Waals surface area contributed by atoms with Crippen molar-refractivity contribution in [3.05, 3.63) is 65.2 Å². The molecule has 2 N–H and O–H groups in total. The van der Waals surface area contributed by atoms with Crippen LogP contribution in [0.4, 0.5) is 5.69 Å². The van der Waals surface area contributed by atoms with Crippen LogP contribution in [-0.4, -0.2) is 17.5 Å². The van der Waals surface area contributed by atoms with Crippen molar-refractivity contribution in [3.63, 3.8) is 0 Å². The van der Waals surface area contributed by atoms with Gasteiger partial charge in [-0.3, -0.25) is 4.90 Å². The first-order chi connectivity index (χ1) is 10.8. The van der Waals surface area contributed by atoms with Crippen molar-refractivity contribution in [2.24, 2.45) is 5.92 Å². The van der Waals surface area contributed by atoms with E-state index in [1.54, 1.807) is 11.1 Å². The van der Waals surface area contributed by atoms with Gasteiger partial charge in [-0.05, 0) is 54.4 Å². The second-order valence-electron chi connectivity index (χ2n) is 6.90. The zero-order valence-corrected chi connectivity index (χ0v) is 13.0. The molecule has 2 aromatic rings. The summed E-state index contributed by atoms with van der Waals surface area (Å²) < 4.78 is 0. The van der Waals surface area contributed by atoms with E-state index in [1.165, 1.54) is 37.8 Å². The highest BCUT2D eigenvalue weighted by Crippen LogP contribution is 2.33. The molecule has 5 rings (SSSR count). The molecule has 0 aromatic heterocycles. The van der Waals surface area contributed by atoms with Crippen LogP contribution in [0.3, 0.4) is 0 Å². The fourth-order valence-corrected chi connectivity index (χ4v) is 4.19. The van der Waals surface area contributed by atoms with Crippen molar-refractivity contribution in [1.29, 1.82) is 0 Å². The third kappa shape index (κ3) is 2.64. The second-order valence-corrected chi connectivity index (χ2v) is 6.90. The molecule has 22 heavy (non-hydrogen) atoms. The second kappa shape index (κ2) is 5.77. The van der Waals surface area contributed by atoms with Crippen molar-refractivity contribution >= 4 is 5.69 Å². The predicted octanol–water partition coefficient (Wildman–Crippen LogP) is 3.65. The standard InChI is InChI=1S/C20H24N2/c21-20-8-4-3-7-18(20)14-22-13-15-9-10-19(22)12-17-6-2-1-5-16(17)11-15/h1-8,15,19H,9-14,21H2/t15-,19-/m1/s1. The molecule has 1 saturated heterocycles. The number of hydrogen-bond donors (Lipinski definition) is 1. The molecule has 114 valence electrons. The molecule has 0 amide bonds. The van der Waals surface area contributed by atoms with E-state index in [4.69, 9.17) is 5.73 Å². The van der Waals surface area contributed by atoms with Crippen LogP contribution in [0.15, 0.2) is 48.5 Å². The van der Waals surface area contributed by atoms with Crippen molar-refractivity contribution in [2.75, 3.05) is 12.3 Å². The lowest BCUT2D eigenvalue weighted by Gasteiger charge is -2.42. The Labute approximate surface area is 132 Å². The van der Waals surface area contributed by atoms with Crippen LogP contribution in [0.2, 0.25) is 0 Å². The zero-order chi connectivity index (χ0) is 14.9. The highest BCUT2D eigenvalue weighted by Gasteiger charge is 2.31. The van der Waals surface area contributed by atoms with Gasteiger partial charge in [-0.15, -0.1) is 0 Å². The SMILES string of the molecule is Nc1ccccc1CN1C[C@@H]2CC[C@@H]1Cc1ccccc1C2. The van der Waals surface area contributed by atoms with Crippen LogP contribution in [-0.2, 0) is 19.4 Å². The summed E-state index contributed by atoms with van der Waals surface area (Å²) in [5, 5.41) is 0. The van der Waals surface area contributed by atoms with Crippen LogP contribution < -0.4 is 5.73 Å². The van der Waals surface area contributed by atoms with Crippen molar-refractivity contribution in [2.45, 2.75) is 38.3 Å². The van der Waals surface area contributed by atoms with Gasteiger partial charge in [0.15, 0.2) is 0 Å². The molecule has 3 aliphatic rings. The molecule has 2 heteroatoms. The fourth-order valence-electron chi connectivity index (χ4n) is 4.19. The lowest BCUT2D eigenvalue weighted by molar-refractivity contribution is 0.0940. The Hall–Kier alpha value is -1.80. The van der Waals surface area contributed by atoms with Gasteiger partial charge in [-0.25, -0.2) is 0 Å². The molecule has 2 aromatic carbocycles. The third-order valence-electron chi connectivity index (χ3n) is 5.43.